The molecule has 0 aliphatic carbocycles. The van der Waals surface area contributed by atoms with Gasteiger partial charge in [0.1, 0.15) is 10.4 Å². The minimum atomic E-state index is 0.403. The van der Waals surface area contributed by atoms with Gasteiger partial charge >= 0.3 is 0 Å². The minimum absolute atomic E-state index is 0.403. The molecule has 1 fully saturated rings. The van der Waals surface area contributed by atoms with Gasteiger partial charge in [-0.15, -0.1) is 5.10 Å². The van der Waals surface area contributed by atoms with Crippen LogP contribution in [0, 0.1) is 0 Å². The first-order valence-corrected chi connectivity index (χ1v) is 7.16. The van der Waals surface area contributed by atoms with E-state index in [1.54, 1.807) is 4.52 Å². The fourth-order valence-corrected chi connectivity index (χ4v) is 2.93. The van der Waals surface area contributed by atoms with Gasteiger partial charge in [-0.3, -0.25) is 0 Å². The Hall–Kier alpha value is -1.18. The molecule has 19 heavy (non-hydrogen) atoms. The maximum Gasteiger partial charge on any atom is 0.155 e. The van der Waals surface area contributed by atoms with E-state index in [9.17, 15) is 0 Å². The molecule has 1 aliphatic rings. The zero-order valence-corrected chi connectivity index (χ0v) is 12.4. The number of hydrogen-bond acceptors (Lipinski definition) is 5. The van der Waals surface area contributed by atoms with Crippen LogP contribution in [-0.2, 0) is 6.54 Å². The average Bonchev–Trinajstić information content (AvgIpc) is 2.94. The van der Waals surface area contributed by atoms with Crippen LogP contribution in [0.1, 0.15) is 12.1 Å². The number of anilines is 1. The van der Waals surface area contributed by atoms with E-state index in [4.69, 9.17) is 5.73 Å². The maximum atomic E-state index is 5.65. The van der Waals surface area contributed by atoms with E-state index in [-0.39, 0.29) is 0 Å². The number of likely N-dealkylation sites (tertiary alicyclic amines) is 1. The standard InChI is InChI=1S/C12H17BrN6/c1-18-5-4-8(7-18)15-10-2-3-11-16-9(6-14)12(13)19(11)17-10/h2-3,8H,4-7,14H2,1H3,(H,15,17). The number of nitrogens with zero attached hydrogens (tertiary/aromatic N) is 4. The lowest BCUT2D eigenvalue weighted by Crippen LogP contribution is -2.24. The molecule has 0 spiro atoms. The van der Waals surface area contributed by atoms with Gasteiger partial charge in [0.25, 0.3) is 0 Å². The molecule has 3 rings (SSSR count). The molecule has 0 aromatic carbocycles. The highest BCUT2D eigenvalue weighted by Crippen LogP contribution is 2.19. The smallest absolute Gasteiger partial charge is 0.155 e. The quantitative estimate of drug-likeness (QED) is 0.883. The highest BCUT2D eigenvalue weighted by Gasteiger charge is 2.19. The van der Waals surface area contributed by atoms with E-state index < -0.39 is 0 Å². The molecule has 6 nitrogen and oxygen atoms in total. The number of nitrogens with two attached hydrogens (primary N) is 1. The first-order chi connectivity index (χ1) is 9.17. The van der Waals surface area contributed by atoms with Crippen LogP contribution in [0.15, 0.2) is 16.7 Å². The van der Waals surface area contributed by atoms with Crippen molar-refractivity contribution in [1.82, 2.24) is 19.5 Å². The second-order valence-corrected chi connectivity index (χ2v) is 5.69. The van der Waals surface area contributed by atoms with E-state index in [0.717, 1.165) is 41.3 Å². The predicted molar refractivity (Wildman–Crippen MR) is 78.1 cm³/mol. The molecule has 7 heteroatoms. The fraction of sp³-hybridized carbons (Fsp3) is 0.500. The van der Waals surface area contributed by atoms with Crippen LogP contribution in [0.4, 0.5) is 5.82 Å². The molecule has 3 N–H and O–H groups in total. The number of aromatic nitrogens is 3. The Bertz CT molecular complexity index is 595. The number of nitrogens with one attached hydrogen (secondary N) is 1. The molecule has 1 aliphatic heterocycles. The van der Waals surface area contributed by atoms with E-state index in [2.05, 4.69) is 43.3 Å². The topological polar surface area (TPSA) is 71.5 Å². The number of rotatable bonds is 3. The number of imidazole rings is 1. The van der Waals surface area contributed by atoms with Crippen molar-refractivity contribution in [3.63, 3.8) is 0 Å². The van der Waals surface area contributed by atoms with E-state index in [0.29, 0.717) is 12.6 Å². The van der Waals surface area contributed by atoms with Crippen LogP contribution in [0.5, 0.6) is 0 Å². The van der Waals surface area contributed by atoms with E-state index >= 15 is 0 Å². The third-order valence-electron chi connectivity index (χ3n) is 3.43. The molecular weight excluding hydrogens is 308 g/mol. The number of fused-ring (bicyclic) bond motifs is 1. The normalized spacial score (nSPS) is 20.3. The zero-order chi connectivity index (χ0) is 13.4. The molecule has 0 saturated carbocycles. The number of halogens is 1. The number of likely N-dealkylation sites (N-methyl/N-ethyl adjacent to an activating group) is 1. The number of hydrogen-bond donors (Lipinski definition) is 2. The lowest BCUT2D eigenvalue weighted by Gasteiger charge is -2.13. The average molecular weight is 325 g/mol. The van der Waals surface area contributed by atoms with Crippen molar-refractivity contribution in [2.75, 3.05) is 25.5 Å². The lowest BCUT2D eigenvalue weighted by atomic mass is 10.2. The summed E-state index contributed by atoms with van der Waals surface area (Å²) in [5.41, 5.74) is 7.28. The van der Waals surface area contributed by atoms with Crippen LogP contribution >= 0.6 is 15.9 Å². The predicted octanol–water partition coefficient (Wildman–Crippen LogP) is 1.07. The van der Waals surface area contributed by atoms with Crippen molar-refractivity contribution in [1.29, 1.82) is 0 Å². The van der Waals surface area contributed by atoms with E-state index in [1.165, 1.54) is 0 Å². The SMILES string of the molecule is CN1CCC(Nc2ccc3nc(CN)c(Br)n3n2)C1. The molecule has 2 aromatic rings. The molecule has 1 saturated heterocycles. The van der Waals surface area contributed by atoms with Gasteiger partial charge in [-0.05, 0) is 48.1 Å². The Morgan fingerprint density at radius 3 is 3.05 bits per heavy atom. The minimum Gasteiger partial charge on any atom is -0.365 e. The Kier molecular flexibility index (Phi) is 3.42. The van der Waals surface area contributed by atoms with Crippen molar-refractivity contribution >= 4 is 27.4 Å². The molecule has 0 bridgehead atoms. The second-order valence-electron chi connectivity index (χ2n) is 4.93. The van der Waals surface area contributed by atoms with Crippen LogP contribution in [-0.4, -0.2) is 45.7 Å². The summed E-state index contributed by atoms with van der Waals surface area (Å²) in [6.07, 6.45) is 1.15. The van der Waals surface area contributed by atoms with E-state index in [1.807, 2.05) is 12.1 Å². The third-order valence-corrected chi connectivity index (χ3v) is 4.22. The van der Waals surface area contributed by atoms with Gasteiger partial charge < -0.3 is 16.0 Å². The third kappa shape index (κ3) is 2.45. The van der Waals surface area contributed by atoms with Gasteiger partial charge in [-0.1, -0.05) is 0 Å². The summed E-state index contributed by atoms with van der Waals surface area (Å²) < 4.78 is 2.61. The molecule has 2 aromatic heterocycles. The second kappa shape index (κ2) is 5.07. The first kappa shape index (κ1) is 12.8. The van der Waals surface area contributed by atoms with Gasteiger partial charge in [-0.25, -0.2) is 9.50 Å². The Balaban J connectivity index is 1.86. The van der Waals surface area contributed by atoms with Crippen molar-refractivity contribution < 1.29 is 0 Å². The molecule has 102 valence electrons. The summed E-state index contributed by atoms with van der Waals surface area (Å²) in [5.74, 6) is 0.870. The molecule has 3 heterocycles. The summed E-state index contributed by atoms with van der Waals surface area (Å²) in [4.78, 5) is 6.72. The molecule has 0 radical (unpaired) electrons. The van der Waals surface area contributed by atoms with Crippen LogP contribution < -0.4 is 11.1 Å². The fourth-order valence-electron chi connectivity index (χ4n) is 2.42. The van der Waals surface area contributed by atoms with Gasteiger partial charge in [-0.2, -0.15) is 0 Å². The summed E-state index contributed by atoms with van der Waals surface area (Å²) >= 11 is 3.49. The van der Waals surface area contributed by atoms with Gasteiger partial charge in [0, 0.05) is 19.1 Å². The molecule has 0 amide bonds. The van der Waals surface area contributed by atoms with Gasteiger partial charge in [0.05, 0.1) is 5.69 Å². The molecule has 1 unspecified atom stereocenters. The van der Waals surface area contributed by atoms with Crippen molar-refractivity contribution in [2.24, 2.45) is 5.73 Å². The van der Waals surface area contributed by atoms with Crippen molar-refractivity contribution in [3.05, 3.63) is 22.4 Å². The van der Waals surface area contributed by atoms with Gasteiger partial charge in [0.2, 0.25) is 0 Å². The highest BCUT2D eigenvalue weighted by molar-refractivity contribution is 9.10. The summed E-state index contributed by atoms with van der Waals surface area (Å²) in [7, 11) is 2.14. The van der Waals surface area contributed by atoms with Crippen LogP contribution in [0.2, 0.25) is 0 Å². The van der Waals surface area contributed by atoms with Crippen molar-refractivity contribution in [3.8, 4) is 0 Å². The summed E-state index contributed by atoms with van der Waals surface area (Å²) in [5, 5.41) is 8.02. The zero-order valence-electron chi connectivity index (χ0n) is 10.8. The maximum absolute atomic E-state index is 5.65. The van der Waals surface area contributed by atoms with Crippen LogP contribution in [0.25, 0.3) is 5.65 Å². The monoisotopic (exact) mass is 324 g/mol. The van der Waals surface area contributed by atoms with Crippen LogP contribution in [0.3, 0.4) is 0 Å². The Morgan fingerprint density at radius 2 is 2.37 bits per heavy atom. The first-order valence-electron chi connectivity index (χ1n) is 6.36. The van der Waals surface area contributed by atoms with Gasteiger partial charge in [0.15, 0.2) is 5.65 Å². The Morgan fingerprint density at radius 1 is 1.53 bits per heavy atom. The van der Waals surface area contributed by atoms with Crippen molar-refractivity contribution in [2.45, 2.75) is 19.0 Å². The largest absolute Gasteiger partial charge is 0.365 e. The summed E-state index contributed by atoms with van der Waals surface area (Å²) in [6.45, 7) is 2.59. The Labute approximate surface area is 120 Å². The molecular formula is C12H17BrN6. The lowest BCUT2D eigenvalue weighted by molar-refractivity contribution is 0.414. The molecule has 1 atom stereocenters. The summed E-state index contributed by atoms with van der Waals surface area (Å²) in [6, 6.07) is 4.39. The highest BCUT2D eigenvalue weighted by atomic mass is 79.9.